The van der Waals surface area contributed by atoms with Crippen LogP contribution in [0.3, 0.4) is 0 Å². The highest BCUT2D eigenvalue weighted by molar-refractivity contribution is 6.06. The molecule has 1 aromatic rings. The molecule has 46 valence electrons. The number of amides is 1. The third-order valence-electron chi connectivity index (χ3n) is 1.29. The Morgan fingerprint density at radius 3 is 3.20 bits per heavy atom. The van der Waals surface area contributed by atoms with E-state index in [1.54, 1.807) is 18.2 Å². The van der Waals surface area contributed by atoms with Gasteiger partial charge in [-0.05, 0) is 12.1 Å². The molecule has 0 aliphatic carbocycles. The average molecular weight is 129 g/mol. The Bertz CT molecular complexity index is 355. The molecule has 1 aromatic carbocycles. The largest absolute Gasteiger partial charge is 0.279 e. The van der Waals surface area contributed by atoms with E-state index >= 15 is 0 Å². The van der Waals surface area contributed by atoms with E-state index in [1.165, 1.54) is 0 Å². The molecule has 0 saturated carbocycles. The zero-order valence-corrected chi connectivity index (χ0v) is 5.09. The van der Waals surface area contributed by atoms with E-state index in [1.807, 2.05) is 0 Å². The maximum absolute atomic E-state index is 10.6. The van der Waals surface area contributed by atoms with Gasteiger partial charge in [0.2, 0.25) is 0 Å². The van der Waals surface area contributed by atoms with Crippen molar-refractivity contribution < 1.29 is 4.79 Å². The van der Waals surface area contributed by atoms with E-state index in [0.29, 0.717) is 10.6 Å². The molecule has 10 heavy (non-hydrogen) atoms. The Morgan fingerprint density at radius 1 is 1.50 bits per heavy atom. The predicted octanol–water partition coefficient (Wildman–Crippen LogP) is -0.696. The summed E-state index contributed by atoms with van der Waals surface area (Å²) in [5.74, 6) is -0.308. The van der Waals surface area contributed by atoms with Gasteiger partial charge < -0.3 is 0 Å². The molecule has 1 aliphatic rings. The fourth-order valence-electron chi connectivity index (χ4n) is 0.866. The van der Waals surface area contributed by atoms with Crippen molar-refractivity contribution in [3.8, 4) is 0 Å². The molecule has 0 saturated heterocycles. The summed E-state index contributed by atoms with van der Waals surface area (Å²) in [5.41, 5.74) is 0. The third kappa shape index (κ3) is 0.658. The number of fused-ring (bicyclic) bond motifs is 1. The van der Waals surface area contributed by atoms with Crippen molar-refractivity contribution in [3.63, 3.8) is 0 Å². The lowest BCUT2D eigenvalue weighted by atomic mass is 10.3. The molecule has 2 heteroatoms. The van der Waals surface area contributed by atoms with Crippen LogP contribution < -0.4 is 10.6 Å². The van der Waals surface area contributed by atoms with Crippen LogP contribution >= 0.6 is 0 Å². The molecule has 1 heterocycles. The molecule has 2 nitrogen and oxygen atoms in total. The van der Waals surface area contributed by atoms with E-state index in [9.17, 15) is 4.79 Å². The Labute approximate surface area is 57.5 Å². The Kier molecular flexibility index (Phi) is 0.947. The van der Waals surface area contributed by atoms with Crippen molar-refractivity contribution in [3.05, 3.63) is 34.8 Å². The second-order valence-corrected chi connectivity index (χ2v) is 1.97. The van der Waals surface area contributed by atoms with Crippen LogP contribution in [0.5, 0.6) is 0 Å². The zero-order chi connectivity index (χ0) is 6.97. The van der Waals surface area contributed by atoms with Gasteiger partial charge in [0.05, 0.1) is 11.4 Å². The summed E-state index contributed by atoms with van der Waals surface area (Å²) in [5, 5.41) is 1.35. The second kappa shape index (κ2) is 1.77. The average Bonchev–Trinajstić information content (AvgIpc) is 2.27. The van der Waals surface area contributed by atoms with Crippen molar-refractivity contribution >= 4 is 12.0 Å². The van der Waals surface area contributed by atoms with Crippen LogP contribution in [0.1, 0.15) is 0 Å². The molecular weight excluding hydrogens is 126 g/mol. The highest BCUT2D eigenvalue weighted by atomic mass is 16.1. The maximum Gasteiger partial charge on any atom is 0.279 e. The smallest absolute Gasteiger partial charge is 0.267 e. The fraction of sp³-hybridized carbons (Fsp3) is 0. The molecule has 2 rings (SSSR count). The van der Waals surface area contributed by atoms with Gasteiger partial charge in [-0.25, -0.2) is 4.99 Å². The van der Waals surface area contributed by atoms with E-state index in [4.69, 9.17) is 0 Å². The monoisotopic (exact) mass is 129 g/mol. The molecule has 0 fully saturated rings. The quantitative estimate of drug-likeness (QED) is 0.455. The second-order valence-electron chi connectivity index (χ2n) is 1.97. The molecule has 0 atom stereocenters. The molecular formula is C8H3NO. The van der Waals surface area contributed by atoms with Crippen molar-refractivity contribution in [2.24, 2.45) is 4.99 Å². The van der Waals surface area contributed by atoms with Crippen LogP contribution in [0.2, 0.25) is 0 Å². The first-order valence-corrected chi connectivity index (χ1v) is 2.90. The van der Waals surface area contributed by atoms with Crippen LogP contribution in [0.15, 0.2) is 23.2 Å². The summed E-state index contributed by atoms with van der Waals surface area (Å²) in [6.45, 7) is 0. The minimum absolute atomic E-state index is 0.308. The lowest BCUT2D eigenvalue weighted by Gasteiger charge is -1.75. The van der Waals surface area contributed by atoms with Gasteiger partial charge >= 0.3 is 0 Å². The summed E-state index contributed by atoms with van der Waals surface area (Å²) in [6, 6.07) is 8.15. The summed E-state index contributed by atoms with van der Waals surface area (Å²) >= 11 is 0. The maximum atomic E-state index is 10.6. The van der Waals surface area contributed by atoms with Crippen LogP contribution in [0.25, 0.3) is 6.08 Å². The number of rotatable bonds is 0. The molecule has 1 aliphatic heterocycles. The van der Waals surface area contributed by atoms with Crippen LogP contribution in [-0.4, -0.2) is 5.91 Å². The molecule has 1 amide bonds. The number of carbonyl (C=O) groups is 1. The van der Waals surface area contributed by atoms with Crippen LogP contribution in [0, 0.1) is 6.07 Å². The first-order chi connectivity index (χ1) is 4.86. The van der Waals surface area contributed by atoms with Crippen molar-refractivity contribution in [2.45, 2.75) is 0 Å². The Balaban J connectivity index is 2.96. The number of benzene rings is 1. The first kappa shape index (κ1) is 5.35. The lowest BCUT2D eigenvalue weighted by molar-refractivity contribution is -0.112. The first-order valence-electron chi connectivity index (χ1n) is 2.90. The van der Waals surface area contributed by atoms with E-state index in [-0.39, 0.29) is 5.91 Å². The molecule has 0 aromatic heterocycles. The van der Waals surface area contributed by atoms with Crippen molar-refractivity contribution in [1.29, 1.82) is 0 Å². The Hall–Kier alpha value is -1.44. The standard InChI is InChI=1S/C8H3NO/c10-8-5-6-3-1-2-4-7(6)9-8/h1-2,4H. The molecule has 0 unspecified atom stereocenters. The van der Waals surface area contributed by atoms with Crippen molar-refractivity contribution in [2.75, 3.05) is 0 Å². The SMILES string of the molecule is O=C1[C]=c2[c]cccc2=N1. The van der Waals surface area contributed by atoms with Gasteiger partial charge in [-0.1, -0.05) is 12.1 Å². The normalized spacial score (nSPS) is 13.8. The number of nitrogens with zero attached hydrogens (tertiary/aromatic N) is 1. The molecule has 0 bridgehead atoms. The van der Waals surface area contributed by atoms with Crippen LogP contribution in [-0.2, 0) is 4.79 Å². The summed E-state index contributed by atoms with van der Waals surface area (Å²) in [6.07, 6.45) is 2.54. The summed E-state index contributed by atoms with van der Waals surface area (Å²) < 4.78 is 0. The topological polar surface area (TPSA) is 29.4 Å². The van der Waals surface area contributed by atoms with Gasteiger partial charge in [-0.15, -0.1) is 0 Å². The Morgan fingerprint density at radius 2 is 2.40 bits per heavy atom. The summed E-state index contributed by atoms with van der Waals surface area (Å²) in [4.78, 5) is 14.3. The van der Waals surface area contributed by atoms with Gasteiger partial charge in [0, 0.05) is 5.22 Å². The highest BCUT2D eigenvalue weighted by Crippen LogP contribution is 1.81. The van der Waals surface area contributed by atoms with Gasteiger partial charge in [0.15, 0.2) is 0 Å². The number of hydrogen-bond donors (Lipinski definition) is 0. The number of hydrogen-bond acceptors (Lipinski definition) is 1. The summed E-state index contributed by atoms with van der Waals surface area (Å²) in [7, 11) is 0. The van der Waals surface area contributed by atoms with Gasteiger partial charge in [-0.3, -0.25) is 4.79 Å². The number of carbonyl (C=O) groups excluding carboxylic acids is 1. The molecule has 0 N–H and O–H groups in total. The lowest BCUT2D eigenvalue weighted by Crippen LogP contribution is -2.20. The van der Waals surface area contributed by atoms with Gasteiger partial charge in [0.1, 0.15) is 0 Å². The van der Waals surface area contributed by atoms with Crippen LogP contribution in [0.4, 0.5) is 0 Å². The van der Waals surface area contributed by atoms with E-state index in [2.05, 4.69) is 17.1 Å². The zero-order valence-electron chi connectivity index (χ0n) is 5.09. The van der Waals surface area contributed by atoms with Gasteiger partial charge in [-0.2, -0.15) is 0 Å². The predicted molar refractivity (Wildman–Crippen MR) is 34.5 cm³/mol. The minimum atomic E-state index is -0.308. The fourth-order valence-corrected chi connectivity index (χ4v) is 0.866. The minimum Gasteiger partial charge on any atom is -0.267 e. The van der Waals surface area contributed by atoms with E-state index < -0.39 is 0 Å². The highest BCUT2D eigenvalue weighted by Gasteiger charge is 2.01. The van der Waals surface area contributed by atoms with E-state index in [0.717, 1.165) is 0 Å². The third-order valence-corrected chi connectivity index (χ3v) is 1.29. The molecule has 0 spiro atoms. The van der Waals surface area contributed by atoms with Crippen molar-refractivity contribution in [1.82, 2.24) is 0 Å². The van der Waals surface area contributed by atoms with Gasteiger partial charge in [0.25, 0.3) is 5.91 Å². The molecule has 2 radical (unpaired) electrons.